The van der Waals surface area contributed by atoms with Crippen LogP contribution in [0.1, 0.15) is 45.4 Å². The van der Waals surface area contributed by atoms with Crippen molar-refractivity contribution >= 4 is 5.91 Å². The SMILES string of the molecule is CCCC(C#N)(CCC)C(=O)NCCc1ncno1. The van der Waals surface area contributed by atoms with Gasteiger partial charge in [0.05, 0.1) is 6.07 Å². The van der Waals surface area contributed by atoms with Crippen molar-refractivity contribution < 1.29 is 9.32 Å². The molecule has 1 aromatic rings. The number of hydrogen-bond acceptors (Lipinski definition) is 5. The van der Waals surface area contributed by atoms with Crippen LogP contribution in [0.4, 0.5) is 0 Å². The summed E-state index contributed by atoms with van der Waals surface area (Å²) in [5, 5.41) is 15.6. The van der Waals surface area contributed by atoms with E-state index >= 15 is 0 Å². The van der Waals surface area contributed by atoms with Crippen molar-refractivity contribution in [3.63, 3.8) is 0 Å². The smallest absolute Gasteiger partial charge is 0.240 e. The minimum atomic E-state index is -0.904. The van der Waals surface area contributed by atoms with Gasteiger partial charge in [0.1, 0.15) is 5.41 Å². The predicted molar refractivity (Wildman–Crippen MR) is 68.9 cm³/mol. The van der Waals surface area contributed by atoms with Crippen molar-refractivity contribution in [1.82, 2.24) is 15.5 Å². The van der Waals surface area contributed by atoms with E-state index < -0.39 is 5.41 Å². The van der Waals surface area contributed by atoms with E-state index in [0.29, 0.717) is 31.7 Å². The van der Waals surface area contributed by atoms with Gasteiger partial charge in [-0.25, -0.2) is 0 Å². The molecular weight excluding hydrogens is 244 g/mol. The van der Waals surface area contributed by atoms with Gasteiger partial charge in [-0.05, 0) is 12.8 Å². The summed E-state index contributed by atoms with van der Waals surface area (Å²) in [5.41, 5.74) is -0.904. The molecule has 1 amide bonds. The maximum Gasteiger partial charge on any atom is 0.240 e. The molecule has 104 valence electrons. The van der Waals surface area contributed by atoms with E-state index in [9.17, 15) is 10.1 Å². The Kier molecular flexibility index (Phi) is 6.00. The van der Waals surface area contributed by atoms with E-state index in [2.05, 4.69) is 21.5 Å². The minimum absolute atomic E-state index is 0.196. The van der Waals surface area contributed by atoms with E-state index in [1.807, 2.05) is 13.8 Å². The molecule has 6 heteroatoms. The van der Waals surface area contributed by atoms with Crippen molar-refractivity contribution in [2.24, 2.45) is 5.41 Å². The topological polar surface area (TPSA) is 91.8 Å². The van der Waals surface area contributed by atoms with Crippen molar-refractivity contribution in [2.75, 3.05) is 6.54 Å². The van der Waals surface area contributed by atoms with E-state index in [0.717, 1.165) is 12.8 Å². The summed E-state index contributed by atoms with van der Waals surface area (Å²) in [5.74, 6) is 0.284. The first-order chi connectivity index (χ1) is 9.18. The van der Waals surface area contributed by atoms with Crippen LogP contribution in [0.5, 0.6) is 0 Å². The van der Waals surface area contributed by atoms with Crippen molar-refractivity contribution in [2.45, 2.75) is 46.0 Å². The lowest BCUT2D eigenvalue weighted by Gasteiger charge is -2.24. The molecule has 0 aliphatic heterocycles. The molecule has 0 saturated carbocycles. The summed E-state index contributed by atoms with van der Waals surface area (Å²) in [6.07, 6.45) is 4.60. The van der Waals surface area contributed by atoms with Crippen LogP contribution in [-0.2, 0) is 11.2 Å². The highest BCUT2D eigenvalue weighted by Crippen LogP contribution is 2.29. The van der Waals surface area contributed by atoms with Gasteiger partial charge in [0.25, 0.3) is 0 Å². The van der Waals surface area contributed by atoms with Gasteiger partial charge in [0, 0.05) is 13.0 Å². The maximum atomic E-state index is 12.2. The van der Waals surface area contributed by atoms with Crippen LogP contribution in [0, 0.1) is 16.7 Å². The second-order valence-electron chi connectivity index (χ2n) is 4.53. The summed E-state index contributed by atoms with van der Waals surface area (Å²) >= 11 is 0. The van der Waals surface area contributed by atoms with Gasteiger partial charge in [0.15, 0.2) is 6.33 Å². The van der Waals surface area contributed by atoms with Crippen LogP contribution in [0.15, 0.2) is 10.9 Å². The van der Waals surface area contributed by atoms with Crippen LogP contribution in [0.3, 0.4) is 0 Å². The molecule has 1 aromatic heterocycles. The quantitative estimate of drug-likeness (QED) is 0.773. The number of nitrogens with one attached hydrogen (secondary N) is 1. The summed E-state index contributed by atoms with van der Waals surface area (Å²) in [6, 6.07) is 2.20. The number of nitrogens with zero attached hydrogens (tertiary/aromatic N) is 3. The lowest BCUT2D eigenvalue weighted by atomic mass is 9.80. The Bertz CT molecular complexity index is 416. The molecule has 6 nitrogen and oxygen atoms in total. The fourth-order valence-corrected chi connectivity index (χ4v) is 2.13. The van der Waals surface area contributed by atoms with E-state index in [4.69, 9.17) is 4.52 Å². The van der Waals surface area contributed by atoms with Crippen molar-refractivity contribution in [3.8, 4) is 6.07 Å². The third kappa shape index (κ3) is 4.05. The summed E-state index contributed by atoms with van der Waals surface area (Å²) in [7, 11) is 0. The molecule has 1 rings (SSSR count). The normalized spacial score (nSPS) is 11.0. The van der Waals surface area contributed by atoms with Gasteiger partial charge < -0.3 is 9.84 Å². The standard InChI is InChI=1S/C13H20N4O2/c1-3-6-13(9-14,7-4-2)12(18)15-8-5-11-16-10-17-19-11/h10H,3-8H2,1-2H3,(H,15,18). The Morgan fingerprint density at radius 3 is 2.63 bits per heavy atom. The monoisotopic (exact) mass is 264 g/mol. The molecule has 0 saturated heterocycles. The number of hydrogen-bond donors (Lipinski definition) is 1. The lowest BCUT2D eigenvalue weighted by molar-refractivity contribution is -0.128. The third-order valence-corrected chi connectivity index (χ3v) is 3.03. The second-order valence-corrected chi connectivity index (χ2v) is 4.53. The molecule has 0 fully saturated rings. The second kappa shape index (κ2) is 7.52. The van der Waals surface area contributed by atoms with Crippen LogP contribution < -0.4 is 5.32 Å². The minimum Gasteiger partial charge on any atom is -0.354 e. The first kappa shape index (κ1) is 15.2. The zero-order chi connectivity index (χ0) is 14.1. The third-order valence-electron chi connectivity index (χ3n) is 3.03. The molecule has 0 aliphatic rings. The molecular formula is C13H20N4O2. The Morgan fingerprint density at radius 1 is 1.47 bits per heavy atom. The fraction of sp³-hybridized carbons (Fsp3) is 0.692. The summed E-state index contributed by atoms with van der Waals surface area (Å²) < 4.78 is 4.84. The van der Waals surface area contributed by atoms with E-state index in [1.54, 1.807) is 0 Å². The number of amides is 1. The maximum absolute atomic E-state index is 12.2. The number of carbonyl (C=O) groups excluding carboxylic acids is 1. The molecule has 1 heterocycles. The number of rotatable bonds is 8. The highest BCUT2D eigenvalue weighted by molar-refractivity contribution is 5.85. The molecule has 0 spiro atoms. The van der Waals surface area contributed by atoms with Crippen molar-refractivity contribution in [1.29, 1.82) is 5.26 Å². The fourth-order valence-electron chi connectivity index (χ4n) is 2.13. The average Bonchev–Trinajstić information content (AvgIpc) is 2.91. The molecule has 0 aliphatic carbocycles. The Hall–Kier alpha value is -1.90. The first-order valence-corrected chi connectivity index (χ1v) is 6.63. The molecule has 0 unspecified atom stereocenters. The molecule has 0 bridgehead atoms. The van der Waals surface area contributed by atoms with Gasteiger partial charge in [-0.3, -0.25) is 4.79 Å². The Morgan fingerprint density at radius 2 is 2.16 bits per heavy atom. The zero-order valence-electron chi connectivity index (χ0n) is 11.5. The number of aromatic nitrogens is 2. The van der Waals surface area contributed by atoms with Gasteiger partial charge in [0.2, 0.25) is 11.8 Å². The van der Waals surface area contributed by atoms with Crippen LogP contribution in [0.2, 0.25) is 0 Å². The van der Waals surface area contributed by atoms with E-state index in [1.165, 1.54) is 6.33 Å². The average molecular weight is 264 g/mol. The van der Waals surface area contributed by atoms with E-state index in [-0.39, 0.29) is 5.91 Å². The number of carbonyl (C=O) groups is 1. The molecule has 0 aromatic carbocycles. The molecule has 0 radical (unpaired) electrons. The zero-order valence-corrected chi connectivity index (χ0v) is 11.5. The highest BCUT2D eigenvalue weighted by atomic mass is 16.5. The number of nitriles is 1. The predicted octanol–water partition coefficient (Wildman–Crippen LogP) is 1.84. The van der Waals surface area contributed by atoms with Gasteiger partial charge in [-0.1, -0.05) is 31.8 Å². The summed E-state index contributed by atoms with van der Waals surface area (Å²) in [6.45, 7) is 4.36. The summed E-state index contributed by atoms with van der Waals surface area (Å²) in [4.78, 5) is 16.1. The lowest BCUT2D eigenvalue weighted by Crippen LogP contribution is -2.41. The van der Waals surface area contributed by atoms with Crippen LogP contribution >= 0.6 is 0 Å². The van der Waals surface area contributed by atoms with Gasteiger partial charge in [-0.15, -0.1) is 0 Å². The Labute approximate surface area is 113 Å². The molecule has 1 N–H and O–H groups in total. The van der Waals surface area contributed by atoms with Crippen LogP contribution in [-0.4, -0.2) is 22.6 Å². The first-order valence-electron chi connectivity index (χ1n) is 6.63. The largest absolute Gasteiger partial charge is 0.354 e. The molecule has 19 heavy (non-hydrogen) atoms. The Balaban J connectivity index is 2.54. The van der Waals surface area contributed by atoms with Crippen molar-refractivity contribution in [3.05, 3.63) is 12.2 Å². The van der Waals surface area contributed by atoms with Gasteiger partial charge >= 0.3 is 0 Å². The van der Waals surface area contributed by atoms with Crippen LogP contribution in [0.25, 0.3) is 0 Å². The van der Waals surface area contributed by atoms with Gasteiger partial charge in [-0.2, -0.15) is 10.2 Å². The molecule has 0 atom stereocenters. The highest BCUT2D eigenvalue weighted by Gasteiger charge is 2.36.